The van der Waals surface area contributed by atoms with E-state index >= 15 is 0 Å². The zero-order chi connectivity index (χ0) is 22.1. The molecule has 3 rings (SSSR count). The van der Waals surface area contributed by atoms with Gasteiger partial charge in [0.05, 0.1) is 17.3 Å². The summed E-state index contributed by atoms with van der Waals surface area (Å²) in [6.07, 6.45) is -2.53. The first-order valence-corrected chi connectivity index (χ1v) is 10.6. The van der Waals surface area contributed by atoms with E-state index in [4.69, 9.17) is 10.5 Å². The number of hydrogen-bond donors (Lipinski definition) is 1. The monoisotopic (exact) mass is 427 g/mol. The summed E-state index contributed by atoms with van der Waals surface area (Å²) in [6.45, 7) is 7.55. The van der Waals surface area contributed by atoms with Crippen molar-refractivity contribution < 1.29 is 22.7 Å². The fraction of sp³-hybridized carbons (Fsp3) is 0.682. The van der Waals surface area contributed by atoms with E-state index in [0.29, 0.717) is 37.8 Å². The van der Waals surface area contributed by atoms with Crippen molar-refractivity contribution in [2.75, 3.05) is 36.8 Å². The highest BCUT2D eigenvalue weighted by molar-refractivity contribution is 5.69. The summed E-state index contributed by atoms with van der Waals surface area (Å²) in [5, 5.41) is 0. The van der Waals surface area contributed by atoms with Crippen molar-refractivity contribution in [2.24, 2.45) is 5.92 Å². The molecule has 0 bridgehead atoms. The highest BCUT2D eigenvalue weighted by atomic mass is 19.4. The number of ether oxygens (including phenoxy) is 1. The van der Waals surface area contributed by atoms with Gasteiger partial charge >= 0.3 is 12.3 Å². The van der Waals surface area contributed by atoms with Crippen LogP contribution >= 0.6 is 0 Å². The van der Waals surface area contributed by atoms with E-state index in [9.17, 15) is 18.0 Å². The number of carbonyl (C=O) groups is 1. The predicted molar refractivity (Wildman–Crippen MR) is 112 cm³/mol. The number of anilines is 2. The maximum atomic E-state index is 12.9. The number of carbonyl (C=O) groups excluding carboxylic acids is 1. The van der Waals surface area contributed by atoms with Gasteiger partial charge in [0, 0.05) is 26.2 Å². The highest BCUT2D eigenvalue weighted by Gasteiger charge is 2.41. The van der Waals surface area contributed by atoms with Crippen LogP contribution in [0.1, 0.15) is 57.9 Å². The third kappa shape index (κ3) is 5.52. The lowest BCUT2D eigenvalue weighted by Crippen LogP contribution is -2.41. The Morgan fingerprint density at radius 1 is 1.03 bits per heavy atom. The summed E-state index contributed by atoms with van der Waals surface area (Å²) in [7, 11) is 0. The molecule has 0 saturated carbocycles. The smallest absolute Gasteiger partial charge is 0.410 e. The first kappa shape index (κ1) is 22.6. The van der Waals surface area contributed by atoms with Gasteiger partial charge in [-0.1, -0.05) is 6.07 Å². The molecule has 0 aromatic heterocycles. The predicted octanol–water partition coefficient (Wildman–Crippen LogP) is 5.16. The molecule has 30 heavy (non-hydrogen) atoms. The zero-order valence-electron chi connectivity index (χ0n) is 18.0. The molecule has 1 aromatic rings. The van der Waals surface area contributed by atoms with Crippen LogP contribution in [0.2, 0.25) is 0 Å². The van der Waals surface area contributed by atoms with E-state index in [1.54, 1.807) is 4.90 Å². The first-order chi connectivity index (χ1) is 13.9. The average Bonchev–Trinajstić information content (AvgIpc) is 2.66. The maximum absolute atomic E-state index is 12.9. The molecule has 0 unspecified atom stereocenters. The maximum Gasteiger partial charge on any atom is 0.410 e. The number of rotatable bonds is 2. The average molecular weight is 428 g/mol. The number of alkyl halides is 3. The van der Waals surface area contributed by atoms with Crippen LogP contribution in [0.15, 0.2) is 18.2 Å². The van der Waals surface area contributed by atoms with Gasteiger partial charge in [-0.15, -0.1) is 0 Å². The molecule has 2 fully saturated rings. The van der Waals surface area contributed by atoms with E-state index in [0.717, 1.165) is 24.1 Å². The van der Waals surface area contributed by atoms with Crippen molar-refractivity contribution in [1.82, 2.24) is 4.90 Å². The van der Waals surface area contributed by atoms with Crippen LogP contribution < -0.4 is 10.6 Å². The number of amides is 1. The van der Waals surface area contributed by atoms with Gasteiger partial charge in [-0.25, -0.2) is 4.79 Å². The quantitative estimate of drug-likeness (QED) is 0.662. The number of halogens is 3. The van der Waals surface area contributed by atoms with Gasteiger partial charge < -0.3 is 20.3 Å². The van der Waals surface area contributed by atoms with Gasteiger partial charge in [-0.3, -0.25) is 0 Å². The van der Waals surface area contributed by atoms with Gasteiger partial charge in [-0.05, 0) is 70.1 Å². The number of nitrogens with zero attached hydrogens (tertiary/aromatic N) is 2. The molecule has 5 nitrogen and oxygen atoms in total. The van der Waals surface area contributed by atoms with E-state index in [1.165, 1.54) is 0 Å². The van der Waals surface area contributed by atoms with Crippen LogP contribution in [0.25, 0.3) is 0 Å². The molecular weight excluding hydrogens is 395 g/mol. The van der Waals surface area contributed by atoms with E-state index in [2.05, 4.69) is 0 Å². The molecule has 1 aromatic carbocycles. The molecule has 2 aliphatic rings. The largest absolute Gasteiger partial charge is 0.444 e. The Balaban J connectivity index is 1.57. The summed E-state index contributed by atoms with van der Waals surface area (Å²) in [5.41, 5.74) is 8.30. The van der Waals surface area contributed by atoms with Gasteiger partial charge in [0.25, 0.3) is 0 Å². The Labute approximate surface area is 176 Å². The molecule has 2 saturated heterocycles. The Kier molecular flexibility index (Phi) is 6.43. The number of piperidine rings is 2. The highest BCUT2D eigenvalue weighted by Crippen LogP contribution is 2.38. The number of hydrogen-bond acceptors (Lipinski definition) is 4. The number of benzene rings is 1. The SMILES string of the molecule is CC(C)(C)OC(=O)N1CCC(c2ccc(N3CCC(C(F)(F)F)CC3)c(N)c2)CC1. The van der Waals surface area contributed by atoms with Gasteiger partial charge in [0.2, 0.25) is 0 Å². The molecule has 8 heteroatoms. The topological polar surface area (TPSA) is 58.8 Å². The van der Waals surface area contributed by atoms with Crippen LogP contribution in [-0.4, -0.2) is 48.9 Å². The van der Waals surface area contributed by atoms with Crippen molar-refractivity contribution in [3.05, 3.63) is 23.8 Å². The minimum Gasteiger partial charge on any atom is -0.444 e. The molecule has 0 spiro atoms. The second-order valence-corrected chi connectivity index (χ2v) is 9.36. The van der Waals surface area contributed by atoms with Crippen LogP contribution in [0.5, 0.6) is 0 Å². The van der Waals surface area contributed by atoms with Crippen LogP contribution in [0, 0.1) is 5.92 Å². The molecule has 1 amide bonds. The van der Waals surface area contributed by atoms with Crippen molar-refractivity contribution in [1.29, 1.82) is 0 Å². The third-order valence-electron chi connectivity index (χ3n) is 5.97. The van der Waals surface area contributed by atoms with E-state index in [-0.39, 0.29) is 18.9 Å². The third-order valence-corrected chi connectivity index (χ3v) is 5.97. The standard InChI is InChI=1S/C22H32F3N3O2/c1-21(2,3)30-20(29)28-10-6-15(7-11-28)16-4-5-19(18(26)14-16)27-12-8-17(9-13-27)22(23,24)25/h4-5,14-15,17H,6-13,26H2,1-3H3. The molecule has 2 N–H and O–H groups in total. The van der Waals surface area contributed by atoms with Crippen LogP contribution in [0.3, 0.4) is 0 Å². The normalized spacial score (nSPS) is 19.8. The fourth-order valence-corrected chi connectivity index (χ4v) is 4.28. The lowest BCUT2D eigenvalue weighted by Gasteiger charge is -2.36. The molecule has 2 aliphatic heterocycles. The molecule has 0 aliphatic carbocycles. The van der Waals surface area contributed by atoms with Crippen molar-refractivity contribution >= 4 is 17.5 Å². The van der Waals surface area contributed by atoms with Crippen molar-refractivity contribution in [3.8, 4) is 0 Å². The second kappa shape index (κ2) is 8.55. The molecule has 2 heterocycles. The Bertz CT molecular complexity index is 745. The Morgan fingerprint density at radius 3 is 2.13 bits per heavy atom. The van der Waals surface area contributed by atoms with Crippen LogP contribution in [0.4, 0.5) is 29.3 Å². The molecule has 0 atom stereocenters. The summed E-state index contributed by atoms with van der Waals surface area (Å²) in [5.74, 6) is -0.916. The van der Waals surface area contributed by atoms with Crippen molar-refractivity contribution in [3.63, 3.8) is 0 Å². The van der Waals surface area contributed by atoms with Gasteiger partial charge in [0.1, 0.15) is 5.60 Å². The molecule has 0 radical (unpaired) electrons. The Hall–Kier alpha value is -2.12. The van der Waals surface area contributed by atoms with Crippen molar-refractivity contribution in [2.45, 2.75) is 64.1 Å². The molecule has 168 valence electrons. The summed E-state index contributed by atoms with van der Waals surface area (Å²) < 4.78 is 44.1. The first-order valence-electron chi connectivity index (χ1n) is 10.6. The summed E-state index contributed by atoms with van der Waals surface area (Å²) in [4.78, 5) is 15.9. The van der Waals surface area contributed by atoms with E-state index < -0.39 is 17.7 Å². The number of likely N-dealkylation sites (tertiary alicyclic amines) is 1. The minimum atomic E-state index is -4.12. The summed E-state index contributed by atoms with van der Waals surface area (Å²) in [6, 6.07) is 5.90. The fourth-order valence-electron chi connectivity index (χ4n) is 4.28. The number of nitrogen functional groups attached to an aromatic ring is 1. The van der Waals surface area contributed by atoms with Crippen LogP contribution in [-0.2, 0) is 4.74 Å². The minimum absolute atomic E-state index is 0.105. The Morgan fingerprint density at radius 2 is 1.63 bits per heavy atom. The number of nitrogens with two attached hydrogens (primary N) is 1. The van der Waals surface area contributed by atoms with Gasteiger partial charge in [0.15, 0.2) is 0 Å². The van der Waals surface area contributed by atoms with E-state index in [1.807, 2.05) is 43.9 Å². The lowest BCUT2D eigenvalue weighted by molar-refractivity contribution is -0.179. The van der Waals surface area contributed by atoms with Gasteiger partial charge in [-0.2, -0.15) is 13.2 Å². The molecular formula is C22H32F3N3O2. The lowest BCUT2D eigenvalue weighted by atomic mass is 9.88. The second-order valence-electron chi connectivity index (χ2n) is 9.36. The zero-order valence-corrected chi connectivity index (χ0v) is 18.0. The summed E-state index contributed by atoms with van der Waals surface area (Å²) >= 11 is 0.